The van der Waals surface area contributed by atoms with Gasteiger partial charge in [0, 0.05) is 46.2 Å². The fourth-order valence-corrected chi connectivity index (χ4v) is 4.43. The number of carbonyl (C=O) groups excluding carboxylic acids is 1. The molecule has 9 nitrogen and oxygen atoms in total. The Kier molecular flexibility index (Phi) is 5.99. The van der Waals surface area contributed by atoms with Gasteiger partial charge in [0.1, 0.15) is 18.3 Å². The van der Waals surface area contributed by atoms with Crippen LogP contribution in [0, 0.1) is 10.1 Å². The number of para-hydroxylation sites is 1. The first-order chi connectivity index (χ1) is 17.0. The Balaban J connectivity index is 1.46. The van der Waals surface area contributed by atoms with Crippen LogP contribution in [0.25, 0.3) is 16.6 Å². The summed E-state index contributed by atoms with van der Waals surface area (Å²) in [6, 6.07) is 19.6. The van der Waals surface area contributed by atoms with Crippen molar-refractivity contribution in [3.8, 4) is 5.69 Å². The number of halogens is 1. The minimum absolute atomic E-state index is 0.164. The van der Waals surface area contributed by atoms with E-state index in [4.69, 9.17) is 11.6 Å². The van der Waals surface area contributed by atoms with E-state index >= 15 is 0 Å². The second-order valence-corrected chi connectivity index (χ2v) is 8.28. The number of hydrogen-bond acceptors (Lipinski definition) is 5. The van der Waals surface area contributed by atoms with E-state index < -0.39 is 10.8 Å². The normalized spacial score (nSPS) is 11.9. The van der Waals surface area contributed by atoms with E-state index in [1.54, 1.807) is 0 Å². The molecule has 2 aromatic heterocycles. The van der Waals surface area contributed by atoms with Crippen LogP contribution in [0.3, 0.4) is 0 Å². The lowest BCUT2D eigenvalue weighted by molar-refractivity contribution is -0.384. The highest BCUT2D eigenvalue weighted by Gasteiger charge is 2.23. The van der Waals surface area contributed by atoms with Crippen molar-refractivity contribution >= 4 is 34.1 Å². The lowest BCUT2D eigenvalue weighted by Crippen LogP contribution is -2.29. The van der Waals surface area contributed by atoms with E-state index in [1.165, 1.54) is 35.5 Å². The first-order valence-electron chi connectivity index (χ1n) is 10.7. The second kappa shape index (κ2) is 9.40. The summed E-state index contributed by atoms with van der Waals surface area (Å²) in [6.07, 6.45) is 4.56. The zero-order chi connectivity index (χ0) is 24.4. The van der Waals surface area contributed by atoms with Gasteiger partial charge in [-0.05, 0) is 35.4 Å². The lowest BCUT2D eigenvalue weighted by Gasteiger charge is -2.19. The van der Waals surface area contributed by atoms with Crippen LogP contribution in [-0.4, -0.2) is 37.1 Å². The van der Waals surface area contributed by atoms with Gasteiger partial charge in [-0.15, -0.1) is 0 Å². The van der Waals surface area contributed by atoms with Crippen molar-refractivity contribution in [3.63, 3.8) is 0 Å². The fourth-order valence-electron chi connectivity index (χ4n) is 4.16. The van der Waals surface area contributed by atoms with E-state index in [-0.39, 0.29) is 29.4 Å². The number of amides is 1. The Morgan fingerprint density at radius 2 is 1.91 bits per heavy atom. The zero-order valence-electron chi connectivity index (χ0n) is 18.3. The summed E-state index contributed by atoms with van der Waals surface area (Å²) in [5.74, 6) is -0.677. The van der Waals surface area contributed by atoms with Gasteiger partial charge in [-0.2, -0.15) is 5.10 Å². The number of nitro benzene ring substituents is 1. The molecule has 1 amide bonds. The minimum Gasteiger partial charge on any atom is -0.361 e. The van der Waals surface area contributed by atoms with Gasteiger partial charge in [0.25, 0.3) is 11.6 Å². The highest BCUT2D eigenvalue weighted by Crippen LogP contribution is 2.34. The van der Waals surface area contributed by atoms with Crippen LogP contribution >= 0.6 is 11.6 Å². The van der Waals surface area contributed by atoms with Crippen molar-refractivity contribution < 1.29 is 9.72 Å². The number of aromatic nitrogens is 4. The summed E-state index contributed by atoms with van der Waals surface area (Å²) in [4.78, 5) is 31.3. The van der Waals surface area contributed by atoms with Gasteiger partial charge in [-0.25, -0.2) is 9.67 Å². The molecule has 0 spiro atoms. The molecule has 0 bridgehead atoms. The molecule has 1 unspecified atom stereocenters. The Labute approximate surface area is 204 Å². The molecule has 0 aliphatic heterocycles. The van der Waals surface area contributed by atoms with E-state index in [0.717, 1.165) is 22.0 Å². The van der Waals surface area contributed by atoms with Crippen LogP contribution in [-0.2, 0) is 0 Å². The standard InChI is InChI=1S/C25H19ClN6O3/c26-21-7-3-1-5-17(21)19(20-12-28-22-8-4-2-6-18(20)22)13-29-25(33)16-9-10-23(24(11-16)32(34)35)31-15-27-14-30-31/h1-12,14-15,19,28H,13H2,(H,29,33). The first kappa shape index (κ1) is 22.3. The molecule has 0 fully saturated rings. The molecule has 3 aromatic carbocycles. The molecule has 35 heavy (non-hydrogen) atoms. The fraction of sp³-hybridized carbons (Fsp3) is 0.0800. The molecule has 10 heteroatoms. The molecule has 0 aliphatic carbocycles. The van der Waals surface area contributed by atoms with Crippen LogP contribution < -0.4 is 5.32 Å². The van der Waals surface area contributed by atoms with E-state index in [2.05, 4.69) is 20.4 Å². The van der Waals surface area contributed by atoms with Crippen molar-refractivity contribution in [2.24, 2.45) is 0 Å². The topological polar surface area (TPSA) is 119 Å². The van der Waals surface area contributed by atoms with Crippen LogP contribution in [0.4, 0.5) is 5.69 Å². The quantitative estimate of drug-likeness (QED) is 0.251. The molecule has 2 heterocycles. The van der Waals surface area contributed by atoms with Gasteiger partial charge < -0.3 is 10.3 Å². The average Bonchev–Trinajstić information content (AvgIpc) is 3.55. The van der Waals surface area contributed by atoms with Crippen LogP contribution in [0.1, 0.15) is 27.4 Å². The predicted molar refractivity (Wildman–Crippen MR) is 132 cm³/mol. The molecule has 0 radical (unpaired) electrons. The number of nitrogens with zero attached hydrogens (tertiary/aromatic N) is 4. The maximum atomic E-state index is 13.1. The van der Waals surface area contributed by atoms with Crippen molar-refractivity contribution in [3.05, 3.63) is 117 Å². The molecule has 0 aliphatic rings. The predicted octanol–water partition coefficient (Wildman–Crippen LogP) is 4.87. The summed E-state index contributed by atoms with van der Waals surface area (Å²) in [5.41, 5.74) is 2.97. The minimum atomic E-state index is -0.549. The highest BCUT2D eigenvalue weighted by molar-refractivity contribution is 6.31. The molecule has 5 rings (SSSR count). The summed E-state index contributed by atoms with van der Waals surface area (Å²) in [5, 5.41) is 20.1. The van der Waals surface area contributed by atoms with Gasteiger partial charge in [-0.3, -0.25) is 14.9 Å². The Morgan fingerprint density at radius 1 is 1.11 bits per heavy atom. The number of benzene rings is 3. The number of nitro groups is 1. The molecule has 0 saturated heterocycles. The number of H-pyrrole nitrogens is 1. The number of hydrogen-bond donors (Lipinski definition) is 2. The van der Waals surface area contributed by atoms with Gasteiger partial charge in [0.15, 0.2) is 0 Å². The number of rotatable bonds is 7. The molecular formula is C25H19ClN6O3. The van der Waals surface area contributed by atoms with Crippen LogP contribution in [0.5, 0.6) is 0 Å². The molecule has 0 saturated carbocycles. The summed E-state index contributed by atoms with van der Waals surface area (Å²) in [6.45, 7) is 0.239. The Hall–Kier alpha value is -4.50. The van der Waals surface area contributed by atoms with E-state index in [9.17, 15) is 14.9 Å². The van der Waals surface area contributed by atoms with Crippen LogP contribution in [0.2, 0.25) is 5.02 Å². The van der Waals surface area contributed by atoms with Gasteiger partial charge in [-0.1, -0.05) is 48.0 Å². The maximum absolute atomic E-state index is 13.1. The molecule has 2 N–H and O–H groups in total. The Bertz CT molecular complexity index is 1530. The molecule has 1 atom stereocenters. The largest absolute Gasteiger partial charge is 0.361 e. The van der Waals surface area contributed by atoms with Gasteiger partial charge in [0.05, 0.1) is 4.92 Å². The summed E-state index contributed by atoms with van der Waals surface area (Å²) in [7, 11) is 0. The SMILES string of the molecule is O=C(NCC(c1ccccc1Cl)c1c[nH]c2ccccc12)c1ccc(-n2cncn2)c([N+](=O)[O-])c1. The Morgan fingerprint density at radius 3 is 2.69 bits per heavy atom. The average molecular weight is 487 g/mol. The third-order valence-corrected chi connectivity index (χ3v) is 6.19. The summed E-state index contributed by atoms with van der Waals surface area (Å²) < 4.78 is 1.28. The zero-order valence-corrected chi connectivity index (χ0v) is 19.0. The van der Waals surface area contributed by atoms with Crippen molar-refractivity contribution in [1.82, 2.24) is 25.1 Å². The third-order valence-electron chi connectivity index (χ3n) is 5.84. The molecular weight excluding hydrogens is 468 g/mol. The summed E-state index contributed by atoms with van der Waals surface area (Å²) >= 11 is 6.53. The van der Waals surface area contributed by atoms with Crippen LogP contribution in [0.15, 0.2) is 85.6 Å². The number of nitrogens with one attached hydrogen (secondary N) is 2. The van der Waals surface area contributed by atoms with Crippen molar-refractivity contribution in [1.29, 1.82) is 0 Å². The number of aromatic amines is 1. The maximum Gasteiger partial charge on any atom is 0.295 e. The number of carbonyl (C=O) groups is 1. The van der Waals surface area contributed by atoms with Crippen molar-refractivity contribution in [2.75, 3.05) is 6.54 Å². The van der Waals surface area contributed by atoms with E-state index in [1.807, 2.05) is 54.7 Å². The first-order valence-corrected chi connectivity index (χ1v) is 11.1. The third kappa shape index (κ3) is 4.36. The van der Waals surface area contributed by atoms with Gasteiger partial charge >= 0.3 is 0 Å². The van der Waals surface area contributed by atoms with Gasteiger partial charge in [0.2, 0.25) is 0 Å². The van der Waals surface area contributed by atoms with Crippen molar-refractivity contribution in [2.45, 2.75) is 5.92 Å². The highest BCUT2D eigenvalue weighted by atomic mass is 35.5. The molecule has 174 valence electrons. The monoisotopic (exact) mass is 486 g/mol. The molecule has 5 aromatic rings. The lowest BCUT2D eigenvalue weighted by atomic mass is 9.90. The smallest absolute Gasteiger partial charge is 0.295 e. The van der Waals surface area contributed by atoms with E-state index in [0.29, 0.717) is 5.02 Å². The number of fused-ring (bicyclic) bond motifs is 1. The second-order valence-electron chi connectivity index (χ2n) is 7.87.